The van der Waals surface area contributed by atoms with E-state index >= 15 is 0 Å². The Morgan fingerprint density at radius 3 is 2.59 bits per heavy atom. The van der Waals surface area contributed by atoms with E-state index in [0.717, 1.165) is 23.3 Å². The average molecular weight is 314 g/mol. The molecule has 2 nitrogen and oxygen atoms in total. The van der Waals surface area contributed by atoms with Crippen molar-refractivity contribution < 1.29 is 0 Å². The van der Waals surface area contributed by atoms with Gasteiger partial charge in [0, 0.05) is 21.6 Å². The maximum absolute atomic E-state index is 5.87. The van der Waals surface area contributed by atoms with E-state index in [1.54, 1.807) is 0 Å². The van der Waals surface area contributed by atoms with Crippen LogP contribution in [0.4, 0.5) is 0 Å². The lowest BCUT2D eigenvalue weighted by Gasteiger charge is -2.07. The van der Waals surface area contributed by atoms with Crippen molar-refractivity contribution in [2.45, 2.75) is 25.2 Å². The van der Waals surface area contributed by atoms with Gasteiger partial charge in [0.25, 0.3) is 0 Å². The predicted octanol–water partition coefficient (Wildman–Crippen LogP) is 4.04. The largest absolute Gasteiger partial charge is 0.265 e. The molecule has 0 amide bonds. The van der Waals surface area contributed by atoms with Gasteiger partial charge in [-0.25, -0.2) is 0 Å². The molecule has 4 heteroatoms. The lowest BCUT2D eigenvalue weighted by Crippen LogP contribution is -2.06. The average Bonchev–Trinajstić information content (AvgIpc) is 2.74. The van der Waals surface area contributed by atoms with E-state index in [9.17, 15) is 0 Å². The number of alkyl halides is 1. The minimum atomic E-state index is 0.770. The molecule has 17 heavy (non-hydrogen) atoms. The van der Waals surface area contributed by atoms with Crippen LogP contribution in [0.3, 0.4) is 0 Å². The van der Waals surface area contributed by atoms with E-state index in [1.807, 2.05) is 30.5 Å². The van der Waals surface area contributed by atoms with Crippen molar-refractivity contribution >= 4 is 27.5 Å². The lowest BCUT2D eigenvalue weighted by atomic mass is 10.2. The maximum Gasteiger partial charge on any atom is 0.0662 e. The molecule has 90 valence electrons. The first-order valence-corrected chi connectivity index (χ1v) is 7.08. The van der Waals surface area contributed by atoms with Crippen LogP contribution in [0.1, 0.15) is 23.7 Å². The quantitative estimate of drug-likeness (QED) is 0.779. The normalized spacial score (nSPS) is 10.8. The van der Waals surface area contributed by atoms with Crippen LogP contribution in [0.2, 0.25) is 5.02 Å². The van der Waals surface area contributed by atoms with E-state index in [4.69, 9.17) is 11.6 Å². The summed E-state index contributed by atoms with van der Waals surface area (Å²) in [6.45, 7) is 2.95. The summed E-state index contributed by atoms with van der Waals surface area (Å²) in [6, 6.07) is 7.91. The van der Waals surface area contributed by atoms with Crippen LogP contribution in [-0.2, 0) is 18.3 Å². The second-order valence-electron chi connectivity index (χ2n) is 3.89. The van der Waals surface area contributed by atoms with E-state index in [2.05, 4.69) is 32.6 Å². The van der Waals surface area contributed by atoms with Crippen molar-refractivity contribution in [3.8, 4) is 0 Å². The summed E-state index contributed by atoms with van der Waals surface area (Å²) in [5, 5.41) is 6.06. The first kappa shape index (κ1) is 12.7. The number of rotatable bonds is 4. The Morgan fingerprint density at radius 1 is 1.29 bits per heavy atom. The molecule has 1 aromatic heterocycles. The minimum Gasteiger partial charge on any atom is -0.265 e. The number of nitrogens with zero attached hydrogens (tertiary/aromatic N) is 2. The Balaban J connectivity index is 2.23. The van der Waals surface area contributed by atoms with Crippen LogP contribution in [-0.4, -0.2) is 9.78 Å². The van der Waals surface area contributed by atoms with Gasteiger partial charge in [0.1, 0.15) is 0 Å². The summed E-state index contributed by atoms with van der Waals surface area (Å²) in [6.07, 6.45) is 2.93. The molecule has 0 atom stereocenters. The molecule has 2 aromatic rings. The molecule has 0 unspecified atom stereocenters. The highest BCUT2D eigenvalue weighted by molar-refractivity contribution is 9.08. The van der Waals surface area contributed by atoms with Gasteiger partial charge in [-0.1, -0.05) is 46.6 Å². The second kappa shape index (κ2) is 5.69. The molecule has 1 aromatic carbocycles. The molecule has 0 aliphatic heterocycles. The molecule has 0 radical (unpaired) electrons. The number of aromatic nitrogens is 2. The Morgan fingerprint density at radius 2 is 2.00 bits per heavy atom. The summed E-state index contributed by atoms with van der Waals surface area (Å²) in [4.78, 5) is 0. The number of halogens is 2. The molecule has 1 heterocycles. The van der Waals surface area contributed by atoms with Crippen molar-refractivity contribution in [1.29, 1.82) is 0 Å². The maximum atomic E-state index is 5.87. The van der Waals surface area contributed by atoms with Gasteiger partial charge in [-0.15, -0.1) is 0 Å². The lowest BCUT2D eigenvalue weighted by molar-refractivity contribution is 0.648. The van der Waals surface area contributed by atoms with Crippen LogP contribution in [0, 0.1) is 0 Å². The Kier molecular flexibility index (Phi) is 4.24. The van der Waals surface area contributed by atoms with E-state index in [1.165, 1.54) is 16.8 Å². The van der Waals surface area contributed by atoms with Gasteiger partial charge in [0.05, 0.1) is 12.7 Å². The zero-order valence-electron chi connectivity index (χ0n) is 9.66. The third-order valence-corrected chi connectivity index (χ3v) is 3.62. The van der Waals surface area contributed by atoms with Gasteiger partial charge in [-0.05, 0) is 24.1 Å². The van der Waals surface area contributed by atoms with Crippen molar-refractivity contribution in [1.82, 2.24) is 9.78 Å². The highest BCUT2D eigenvalue weighted by Crippen LogP contribution is 2.16. The Bertz CT molecular complexity index is 491. The number of benzene rings is 1. The van der Waals surface area contributed by atoms with Gasteiger partial charge in [0.2, 0.25) is 0 Å². The van der Waals surface area contributed by atoms with Crippen LogP contribution >= 0.6 is 27.5 Å². The molecule has 0 aliphatic rings. The van der Waals surface area contributed by atoms with Crippen LogP contribution < -0.4 is 0 Å². The first-order valence-electron chi connectivity index (χ1n) is 5.58. The summed E-state index contributed by atoms with van der Waals surface area (Å²) < 4.78 is 2.06. The zero-order chi connectivity index (χ0) is 12.3. The molecule has 0 spiro atoms. The van der Waals surface area contributed by atoms with Crippen molar-refractivity contribution in [2.24, 2.45) is 0 Å². The molecule has 0 fully saturated rings. The third-order valence-electron chi connectivity index (χ3n) is 2.76. The van der Waals surface area contributed by atoms with Crippen LogP contribution in [0.25, 0.3) is 0 Å². The number of hydrogen-bond acceptors (Lipinski definition) is 1. The van der Waals surface area contributed by atoms with E-state index in [0.29, 0.717) is 0 Å². The molecular formula is C13H14BrClN2. The fourth-order valence-corrected chi connectivity index (χ4v) is 2.46. The van der Waals surface area contributed by atoms with E-state index in [-0.39, 0.29) is 0 Å². The van der Waals surface area contributed by atoms with Crippen molar-refractivity contribution in [3.05, 3.63) is 52.3 Å². The molecular weight excluding hydrogens is 300 g/mol. The molecule has 0 saturated heterocycles. The molecule has 0 aliphatic carbocycles. The summed E-state index contributed by atoms with van der Waals surface area (Å²) >= 11 is 9.36. The fourth-order valence-electron chi connectivity index (χ4n) is 1.87. The Hall–Kier alpha value is -0.800. The Labute approximate surface area is 115 Å². The van der Waals surface area contributed by atoms with Gasteiger partial charge in [0.15, 0.2) is 0 Å². The standard InChI is InChI=1S/C13H14BrClN2/c1-2-13-11(7-14)8-16-17(13)9-10-3-5-12(15)6-4-10/h3-6,8H,2,7,9H2,1H3. The number of hydrogen-bond donors (Lipinski definition) is 0. The highest BCUT2D eigenvalue weighted by atomic mass is 79.9. The van der Waals surface area contributed by atoms with Crippen LogP contribution in [0.5, 0.6) is 0 Å². The summed E-state index contributed by atoms with van der Waals surface area (Å²) in [7, 11) is 0. The van der Waals surface area contributed by atoms with Crippen LogP contribution in [0.15, 0.2) is 30.5 Å². The molecule has 2 rings (SSSR count). The van der Waals surface area contributed by atoms with Crippen molar-refractivity contribution in [3.63, 3.8) is 0 Å². The van der Waals surface area contributed by atoms with Gasteiger partial charge < -0.3 is 0 Å². The molecule has 0 bridgehead atoms. The minimum absolute atomic E-state index is 0.770. The SMILES string of the molecule is CCc1c(CBr)cnn1Cc1ccc(Cl)cc1. The van der Waals surface area contributed by atoms with Gasteiger partial charge in [-0.2, -0.15) is 5.10 Å². The molecule has 0 saturated carbocycles. The monoisotopic (exact) mass is 312 g/mol. The molecule has 0 N–H and O–H groups in total. The van der Waals surface area contributed by atoms with Crippen molar-refractivity contribution in [2.75, 3.05) is 0 Å². The second-order valence-corrected chi connectivity index (χ2v) is 4.88. The fraction of sp³-hybridized carbons (Fsp3) is 0.308. The topological polar surface area (TPSA) is 17.8 Å². The van der Waals surface area contributed by atoms with Gasteiger partial charge >= 0.3 is 0 Å². The third kappa shape index (κ3) is 2.90. The van der Waals surface area contributed by atoms with E-state index < -0.39 is 0 Å². The highest BCUT2D eigenvalue weighted by Gasteiger charge is 2.08. The smallest absolute Gasteiger partial charge is 0.0662 e. The summed E-state index contributed by atoms with van der Waals surface area (Å²) in [5.41, 5.74) is 3.77. The first-order chi connectivity index (χ1) is 8.24. The zero-order valence-corrected chi connectivity index (χ0v) is 12.0. The van der Waals surface area contributed by atoms with Gasteiger partial charge in [-0.3, -0.25) is 4.68 Å². The predicted molar refractivity (Wildman–Crippen MR) is 74.8 cm³/mol. The summed E-state index contributed by atoms with van der Waals surface area (Å²) in [5.74, 6) is 0.